The molecule has 2 atom stereocenters. The first-order valence-corrected chi connectivity index (χ1v) is 7.44. The van der Waals surface area contributed by atoms with E-state index in [-0.39, 0.29) is 17.5 Å². The van der Waals surface area contributed by atoms with Gasteiger partial charge in [-0.05, 0) is 19.9 Å². The number of hydrogen-bond acceptors (Lipinski definition) is 6. The zero-order valence-electron chi connectivity index (χ0n) is 13.2. The van der Waals surface area contributed by atoms with Crippen molar-refractivity contribution in [2.75, 3.05) is 5.32 Å². The lowest BCUT2D eigenvalue weighted by atomic mass is 10.2. The maximum Gasteiger partial charge on any atom is 0.335 e. The lowest BCUT2D eigenvalue weighted by molar-refractivity contribution is -0.125. The fourth-order valence-corrected chi connectivity index (χ4v) is 2.47. The van der Waals surface area contributed by atoms with Crippen molar-refractivity contribution in [3.05, 3.63) is 46.1 Å². The molecule has 0 radical (unpaired) electrons. The lowest BCUT2D eigenvalue weighted by Crippen LogP contribution is -2.52. The highest BCUT2D eigenvalue weighted by Crippen LogP contribution is 2.17. The summed E-state index contributed by atoms with van der Waals surface area (Å²) >= 11 is 0. The molecule has 1 saturated heterocycles. The zero-order chi connectivity index (χ0) is 17.3. The Labute approximate surface area is 137 Å². The van der Waals surface area contributed by atoms with Crippen molar-refractivity contribution >= 4 is 17.6 Å². The molecule has 1 aliphatic heterocycles. The van der Waals surface area contributed by atoms with Gasteiger partial charge in [0.25, 0.3) is 5.91 Å². The minimum absolute atomic E-state index is 0.0137. The molecular formula is C15H17N5O4. The molecule has 3 heterocycles. The first-order valence-electron chi connectivity index (χ1n) is 7.44. The highest BCUT2D eigenvalue weighted by molar-refractivity contribution is 6.03. The van der Waals surface area contributed by atoms with Gasteiger partial charge in [-0.3, -0.25) is 14.9 Å². The van der Waals surface area contributed by atoms with Crippen molar-refractivity contribution in [3.63, 3.8) is 0 Å². The van der Waals surface area contributed by atoms with Gasteiger partial charge in [0.2, 0.25) is 5.91 Å². The van der Waals surface area contributed by atoms with Crippen molar-refractivity contribution in [1.82, 2.24) is 20.4 Å². The number of aryl methyl sites for hydroxylation is 1. The van der Waals surface area contributed by atoms with Gasteiger partial charge in [-0.25, -0.2) is 9.48 Å². The Morgan fingerprint density at radius 2 is 2.21 bits per heavy atom. The Balaban J connectivity index is 1.83. The van der Waals surface area contributed by atoms with Crippen LogP contribution in [-0.4, -0.2) is 27.6 Å². The van der Waals surface area contributed by atoms with Gasteiger partial charge in [-0.1, -0.05) is 0 Å². The topological polar surface area (TPSA) is 118 Å². The van der Waals surface area contributed by atoms with Crippen LogP contribution in [0.3, 0.4) is 0 Å². The van der Waals surface area contributed by atoms with Crippen LogP contribution in [-0.2, 0) is 4.79 Å². The van der Waals surface area contributed by atoms with Crippen molar-refractivity contribution in [2.24, 2.45) is 0 Å². The summed E-state index contributed by atoms with van der Waals surface area (Å²) in [6.07, 6.45) is 0.911. The number of rotatable bonds is 3. The largest absolute Gasteiger partial charge is 0.430 e. The molecule has 24 heavy (non-hydrogen) atoms. The normalized spacial score (nSPS) is 20.5. The molecule has 1 aliphatic rings. The van der Waals surface area contributed by atoms with E-state index in [1.165, 1.54) is 16.8 Å². The Morgan fingerprint density at radius 1 is 1.42 bits per heavy atom. The molecule has 3 rings (SSSR count). The number of aromatic nitrogens is 2. The van der Waals surface area contributed by atoms with E-state index in [0.717, 1.165) is 6.26 Å². The van der Waals surface area contributed by atoms with E-state index in [0.29, 0.717) is 17.9 Å². The van der Waals surface area contributed by atoms with Crippen LogP contribution < -0.4 is 21.6 Å². The van der Waals surface area contributed by atoms with E-state index in [4.69, 9.17) is 0 Å². The maximum atomic E-state index is 12.3. The molecule has 1 fully saturated rings. The first-order chi connectivity index (χ1) is 11.4. The standard InChI is InChI=1S/C15H17N5O4/c1-8-6-12(21)18-15(16-8)20-11(5-9(2)19-20)17-14(23)10-3-4-13(22)24-7-10/h3-5,7-8,15-16H,6H2,1-2H3,(H,17,23)(H,18,21). The number of amides is 2. The number of nitrogens with zero attached hydrogens (tertiary/aromatic N) is 2. The first kappa shape index (κ1) is 15.9. The molecule has 0 aromatic carbocycles. The molecule has 2 aromatic heterocycles. The molecule has 126 valence electrons. The second kappa shape index (κ2) is 6.28. The summed E-state index contributed by atoms with van der Waals surface area (Å²) in [7, 11) is 0. The molecule has 0 spiro atoms. The Bertz CT molecular complexity index is 820. The lowest BCUT2D eigenvalue weighted by Gasteiger charge is -2.30. The van der Waals surface area contributed by atoms with Gasteiger partial charge in [0.05, 0.1) is 11.3 Å². The minimum atomic E-state index is -0.557. The zero-order valence-corrected chi connectivity index (χ0v) is 13.2. The van der Waals surface area contributed by atoms with Gasteiger partial charge in [0, 0.05) is 24.6 Å². The second-order valence-corrected chi connectivity index (χ2v) is 5.65. The van der Waals surface area contributed by atoms with E-state index in [9.17, 15) is 14.4 Å². The van der Waals surface area contributed by atoms with Gasteiger partial charge in [-0.15, -0.1) is 0 Å². The molecule has 9 nitrogen and oxygen atoms in total. The van der Waals surface area contributed by atoms with Crippen LogP contribution in [0, 0.1) is 6.92 Å². The van der Waals surface area contributed by atoms with E-state index in [1.807, 2.05) is 6.92 Å². The maximum absolute atomic E-state index is 12.3. The summed E-state index contributed by atoms with van der Waals surface area (Å²) in [5.74, 6) is -0.132. The average Bonchev–Trinajstić information content (AvgIpc) is 2.87. The van der Waals surface area contributed by atoms with Crippen LogP contribution in [0.5, 0.6) is 0 Å². The second-order valence-electron chi connectivity index (χ2n) is 5.65. The summed E-state index contributed by atoms with van der Waals surface area (Å²) in [4.78, 5) is 35.0. The summed E-state index contributed by atoms with van der Waals surface area (Å²) in [5.41, 5.74) is 0.351. The van der Waals surface area contributed by atoms with Crippen LogP contribution in [0.1, 0.15) is 35.7 Å². The molecule has 2 unspecified atom stereocenters. The number of carbonyl (C=O) groups excluding carboxylic acids is 2. The molecule has 0 aliphatic carbocycles. The molecule has 0 bridgehead atoms. The Kier molecular flexibility index (Phi) is 4.17. The van der Waals surface area contributed by atoms with Gasteiger partial charge in [0.1, 0.15) is 12.1 Å². The van der Waals surface area contributed by atoms with Crippen LogP contribution in [0.15, 0.2) is 33.7 Å². The number of anilines is 1. The monoisotopic (exact) mass is 331 g/mol. The average molecular weight is 331 g/mol. The molecule has 9 heteroatoms. The summed E-state index contributed by atoms with van der Waals surface area (Å²) < 4.78 is 6.19. The van der Waals surface area contributed by atoms with E-state index in [2.05, 4.69) is 25.5 Å². The van der Waals surface area contributed by atoms with Gasteiger partial charge in [0.15, 0.2) is 6.29 Å². The van der Waals surface area contributed by atoms with Crippen molar-refractivity contribution < 1.29 is 14.0 Å². The van der Waals surface area contributed by atoms with Gasteiger partial charge < -0.3 is 15.1 Å². The molecule has 0 saturated carbocycles. The molecular weight excluding hydrogens is 314 g/mol. The smallest absolute Gasteiger partial charge is 0.335 e. The third kappa shape index (κ3) is 3.35. The minimum Gasteiger partial charge on any atom is -0.430 e. The quantitative estimate of drug-likeness (QED) is 0.747. The summed E-state index contributed by atoms with van der Waals surface area (Å²) in [5, 5.41) is 13.0. The fraction of sp³-hybridized carbons (Fsp3) is 0.333. The Morgan fingerprint density at radius 3 is 2.88 bits per heavy atom. The van der Waals surface area contributed by atoms with Gasteiger partial charge in [-0.2, -0.15) is 5.10 Å². The van der Waals surface area contributed by atoms with Crippen molar-refractivity contribution in [1.29, 1.82) is 0 Å². The SMILES string of the molecule is Cc1cc(NC(=O)c2ccc(=O)oc2)n(C2NC(=O)CC(C)N2)n1. The van der Waals surface area contributed by atoms with Crippen LogP contribution in [0.4, 0.5) is 5.82 Å². The fourth-order valence-electron chi connectivity index (χ4n) is 2.47. The van der Waals surface area contributed by atoms with E-state index >= 15 is 0 Å². The highest BCUT2D eigenvalue weighted by atomic mass is 16.4. The number of carbonyl (C=O) groups is 2. The van der Waals surface area contributed by atoms with Crippen molar-refractivity contribution in [2.45, 2.75) is 32.6 Å². The van der Waals surface area contributed by atoms with Crippen LogP contribution in [0.25, 0.3) is 0 Å². The van der Waals surface area contributed by atoms with E-state index in [1.54, 1.807) is 13.0 Å². The number of nitrogens with one attached hydrogen (secondary N) is 3. The predicted molar refractivity (Wildman–Crippen MR) is 84.3 cm³/mol. The summed E-state index contributed by atoms with van der Waals surface area (Å²) in [6.45, 7) is 3.67. The Hall–Kier alpha value is -2.94. The van der Waals surface area contributed by atoms with Crippen LogP contribution in [0.2, 0.25) is 0 Å². The van der Waals surface area contributed by atoms with E-state index < -0.39 is 17.8 Å². The van der Waals surface area contributed by atoms with Crippen molar-refractivity contribution in [3.8, 4) is 0 Å². The third-order valence-electron chi connectivity index (χ3n) is 3.54. The van der Waals surface area contributed by atoms with Crippen LogP contribution >= 0.6 is 0 Å². The summed E-state index contributed by atoms with van der Waals surface area (Å²) in [6, 6.07) is 4.21. The molecule has 2 aromatic rings. The van der Waals surface area contributed by atoms with Gasteiger partial charge >= 0.3 is 5.63 Å². The number of hydrogen-bond donors (Lipinski definition) is 3. The molecule has 2 amide bonds. The predicted octanol–water partition coefficient (Wildman–Crippen LogP) is 0.351. The third-order valence-corrected chi connectivity index (χ3v) is 3.54. The molecule has 3 N–H and O–H groups in total. The highest BCUT2D eigenvalue weighted by Gasteiger charge is 2.26.